The van der Waals surface area contributed by atoms with E-state index in [1.54, 1.807) is 11.3 Å². The number of hydrogen-bond acceptors (Lipinski definition) is 4. The van der Waals surface area contributed by atoms with Crippen LogP contribution in [0.15, 0.2) is 22.5 Å². The average molecular weight is 401 g/mol. The van der Waals surface area contributed by atoms with Crippen LogP contribution in [-0.2, 0) is 16.4 Å². The second kappa shape index (κ2) is 10.9. The van der Waals surface area contributed by atoms with Gasteiger partial charge in [-0.15, -0.1) is 11.3 Å². The molecule has 0 bridgehead atoms. The maximum Gasteiger partial charge on any atom is 0.213 e. The molecule has 1 unspecified atom stereocenters. The zero-order valence-corrected chi connectivity index (χ0v) is 17.5. The smallest absolute Gasteiger partial charge is 0.213 e. The van der Waals surface area contributed by atoms with Gasteiger partial charge >= 0.3 is 0 Å². The zero-order chi connectivity index (χ0) is 18.8. The first-order chi connectivity index (χ1) is 12.5. The lowest BCUT2D eigenvalue weighted by Crippen LogP contribution is -2.42. The van der Waals surface area contributed by atoms with Gasteiger partial charge in [0.1, 0.15) is 0 Å². The molecule has 1 saturated carbocycles. The van der Waals surface area contributed by atoms with Crippen molar-refractivity contribution >= 4 is 27.3 Å². The lowest BCUT2D eigenvalue weighted by atomic mass is 9.86. The van der Waals surface area contributed by atoms with Crippen molar-refractivity contribution in [2.24, 2.45) is 16.8 Å². The highest BCUT2D eigenvalue weighted by atomic mass is 32.2. The lowest BCUT2D eigenvalue weighted by Gasteiger charge is -2.25. The van der Waals surface area contributed by atoms with E-state index >= 15 is 0 Å². The molecule has 1 atom stereocenters. The van der Waals surface area contributed by atoms with Gasteiger partial charge in [-0.3, -0.25) is 4.99 Å². The number of thiophene rings is 1. The van der Waals surface area contributed by atoms with E-state index in [1.165, 1.54) is 11.3 Å². The molecule has 1 aromatic rings. The van der Waals surface area contributed by atoms with Crippen molar-refractivity contribution in [3.8, 4) is 0 Å². The van der Waals surface area contributed by atoms with Crippen LogP contribution in [0.1, 0.15) is 38.0 Å². The van der Waals surface area contributed by atoms with Crippen molar-refractivity contribution in [2.75, 3.05) is 31.9 Å². The molecule has 1 heterocycles. The van der Waals surface area contributed by atoms with Crippen LogP contribution in [0.5, 0.6) is 0 Å². The molecule has 148 valence electrons. The molecule has 1 aromatic heterocycles. The highest BCUT2D eigenvalue weighted by molar-refractivity contribution is 7.89. The Morgan fingerprint density at radius 3 is 2.81 bits per heavy atom. The quantitative estimate of drug-likeness (QED) is 0.393. The van der Waals surface area contributed by atoms with Crippen molar-refractivity contribution < 1.29 is 8.42 Å². The molecular weight excluding hydrogens is 368 g/mol. The fourth-order valence-electron chi connectivity index (χ4n) is 2.74. The molecule has 26 heavy (non-hydrogen) atoms. The van der Waals surface area contributed by atoms with E-state index in [0.29, 0.717) is 37.4 Å². The Morgan fingerprint density at radius 2 is 2.19 bits per heavy atom. The summed E-state index contributed by atoms with van der Waals surface area (Å²) in [6.45, 7) is 6.57. The largest absolute Gasteiger partial charge is 0.357 e. The van der Waals surface area contributed by atoms with E-state index in [4.69, 9.17) is 0 Å². The second-order valence-corrected chi connectivity index (χ2v) is 9.96. The summed E-state index contributed by atoms with van der Waals surface area (Å²) in [6, 6.07) is 4.22. The Bertz CT molecular complexity index is 640. The van der Waals surface area contributed by atoms with Gasteiger partial charge in [0.05, 0.1) is 5.75 Å². The van der Waals surface area contributed by atoms with Gasteiger partial charge in [0, 0.05) is 31.1 Å². The second-order valence-electron chi connectivity index (χ2n) is 7.00. The average Bonchev–Trinajstić information content (AvgIpc) is 3.03. The Kier molecular flexibility index (Phi) is 8.87. The first-order valence-corrected chi connectivity index (χ1v) is 12.0. The summed E-state index contributed by atoms with van der Waals surface area (Å²) in [4.78, 5) is 5.96. The molecule has 1 aliphatic carbocycles. The Hall–Kier alpha value is -1.12. The zero-order valence-electron chi connectivity index (χ0n) is 15.8. The van der Waals surface area contributed by atoms with Gasteiger partial charge in [-0.1, -0.05) is 19.4 Å². The van der Waals surface area contributed by atoms with Crippen LogP contribution >= 0.6 is 11.3 Å². The van der Waals surface area contributed by atoms with Gasteiger partial charge in [0.2, 0.25) is 10.0 Å². The highest BCUT2D eigenvalue weighted by Gasteiger charge is 2.20. The SMILES string of the molecule is CCNC(=NCC(C)Cc1cccs1)NCCS(=O)(=O)NCC1CCC1. The predicted octanol–water partition coefficient (Wildman–Crippen LogP) is 2.20. The number of hydrogen-bond donors (Lipinski definition) is 3. The molecule has 1 aliphatic rings. The predicted molar refractivity (Wildman–Crippen MR) is 110 cm³/mol. The van der Waals surface area contributed by atoms with Crippen molar-refractivity contribution in [3.63, 3.8) is 0 Å². The lowest BCUT2D eigenvalue weighted by molar-refractivity contribution is 0.316. The number of nitrogens with one attached hydrogen (secondary N) is 3. The third-order valence-corrected chi connectivity index (χ3v) is 6.76. The number of sulfonamides is 1. The Morgan fingerprint density at radius 1 is 1.38 bits per heavy atom. The topological polar surface area (TPSA) is 82.6 Å². The minimum atomic E-state index is -3.22. The van der Waals surface area contributed by atoms with Gasteiger partial charge in [-0.25, -0.2) is 13.1 Å². The van der Waals surface area contributed by atoms with Gasteiger partial charge in [0.15, 0.2) is 5.96 Å². The van der Waals surface area contributed by atoms with Crippen LogP contribution in [0.3, 0.4) is 0 Å². The maximum absolute atomic E-state index is 12.0. The molecule has 0 aliphatic heterocycles. The normalized spacial score (nSPS) is 16.9. The fourth-order valence-corrected chi connectivity index (χ4v) is 4.62. The van der Waals surface area contributed by atoms with Gasteiger partial charge in [-0.05, 0) is 49.5 Å². The summed E-state index contributed by atoms with van der Waals surface area (Å²) >= 11 is 1.77. The van der Waals surface area contributed by atoms with Crippen LogP contribution in [0.2, 0.25) is 0 Å². The van der Waals surface area contributed by atoms with Crippen molar-refractivity contribution in [3.05, 3.63) is 22.4 Å². The third-order valence-electron chi connectivity index (χ3n) is 4.51. The summed E-state index contributed by atoms with van der Waals surface area (Å²) in [6.07, 6.45) is 4.52. The molecule has 0 saturated heterocycles. The minimum absolute atomic E-state index is 0.0644. The van der Waals surface area contributed by atoms with Crippen LogP contribution in [0, 0.1) is 11.8 Å². The van der Waals surface area contributed by atoms with Crippen molar-refractivity contribution in [2.45, 2.75) is 39.5 Å². The Balaban J connectivity index is 1.71. The first kappa shape index (κ1) is 21.2. The van der Waals surface area contributed by atoms with E-state index in [0.717, 1.165) is 25.8 Å². The number of rotatable bonds is 11. The van der Waals surface area contributed by atoms with E-state index < -0.39 is 10.0 Å². The summed E-state index contributed by atoms with van der Waals surface area (Å²) in [5.41, 5.74) is 0. The monoisotopic (exact) mass is 400 g/mol. The van der Waals surface area contributed by atoms with Crippen LogP contribution in [0.25, 0.3) is 0 Å². The molecule has 6 nitrogen and oxygen atoms in total. The number of guanidine groups is 1. The fraction of sp³-hybridized carbons (Fsp3) is 0.722. The first-order valence-electron chi connectivity index (χ1n) is 9.50. The van der Waals surface area contributed by atoms with Crippen molar-refractivity contribution in [1.29, 1.82) is 0 Å². The van der Waals surface area contributed by atoms with Gasteiger partial charge in [-0.2, -0.15) is 0 Å². The molecule has 1 fully saturated rings. The summed E-state index contributed by atoms with van der Waals surface area (Å²) in [5, 5.41) is 8.40. The van der Waals surface area contributed by atoms with Crippen LogP contribution in [0.4, 0.5) is 0 Å². The maximum atomic E-state index is 12.0. The standard InChI is InChI=1S/C18H32N4O2S2/c1-3-19-18(21-13-15(2)12-17-8-5-10-25-17)20-9-11-26(23,24)22-14-16-6-4-7-16/h5,8,10,15-16,22H,3-4,6-7,9,11-14H2,1-2H3,(H2,19,20,21). The summed E-state index contributed by atoms with van der Waals surface area (Å²) < 4.78 is 26.8. The van der Waals surface area contributed by atoms with E-state index in [1.807, 2.05) is 6.92 Å². The van der Waals surface area contributed by atoms with E-state index in [-0.39, 0.29) is 5.75 Å². The Labute approximate surface area is 161 Å². The molecule has 0 radical (unpaired) electrons. The molecule has 2 rings (SSSR count). The van der Waals surface area contributed by atoms with Crippen LogP contribution < -0.4 is 15.4 Å². The molecule has 0 amide bonds. The minimum Gasteiger partial charge on any atom is -0.357 e. The summed E-state index contributed by atoms with van der Waals surface area (Å²) in [5.74, 6) is 1.72. The summed E-state index contributed by atoms with van der Waals surface area (Å²) in [7, 11) is -3.22. The number of nitrogens with zero attached hydrogens (tertiary/aromatic N) is 1. The molecule has 3 N–H and O–H groups in total. The number of aliphatic imine (C=N–C) groups is 1. The molecule has 8 heteroatoms. The highest BCUT2D eigenvalue weighted by Crippen LogP contribution is 2.25. The third kappa shape index (κ3) is 8.05. The van der Waals surface area contributed by atoms with E-state index in [2.05, 4.69) is 44.8 Å². The van der Waals surface area contributed by atoms with Crippen LogP contribution in [-0.4, -0.2) is 46.3 Å². The van der Waals surface area contributed by atoms with Gasteiger partial charge in [0.25, 0.3) is 0 Å². The van der Waals surface area contributed by atoms with E-state index in [9.17, 15) is 8.42 Å². The molecular formula is C18H32N4O2S2. The van der Waals surface area contributed by atoms with Crippen molar-refractivity contribution in [1.82, 2.24) is 15.4 Å². The molecule has 0 spiro atoms. The molecule has 0 aromatic carbocycles. The van der Waals surface area contributed by atoms with Gasteiger partial charge < -0.3 is 10.6 Å².